The maximum Gasteiger partial charge on any atom is 0.421 e. The fraction of sp³-hybridized carbons (Fsp3) is 0.200. The molecule has 8 heteroatoms. The molecule has 0 radical (unpaired) electrons. The van der Waals surface area contributed by atoms with Gasteiger partial charge < -0.3 is 9.88 Å². The van der Waals surface area contributed by atoms with Gasteiger partial charge in [0, 0.05) is 16.9 Å². The molecule has 0 aliphatic rings. The molecule has 0 bridgehead atoms. The number of halogens is 4. The number of nitrogens with zero attached hydrogens (tertiary/aromatic N) is 1. The average Bonchev–Trinajstić information content (AvgIpc) is 2.45. The lowest BCUT2D eigenvalue weighted by Crippen LogP contribution is -2.32. The standard InChI is InChI=1S/C15H12ClF3N2O2/c1-9-11(16)5-2-6-12(9)20-13(22)8-21-7-3-4-10(14(21)23)15(17,18)19/h2-7H,8H2,1H3,(H,20,22). The first-order chi connectivity index (χ1) is 10.7. The summed E-state index contributed by atoms with van der Waals surface area (Å²) in [5.74, 6) is -0.628. The number of aromatic nitrogens is 1. The molecule has 1 aromatic carbocycles. The topological polar surface area (TPSA) is 51.1 Å². The lowest BCUT2D eigenvalue weighted by atomic mass is 10.2. The average molecular weight is 345 g/mol. The van der Waals surface area contributed by atoms with Crippen LogP contribution in [-0.4, -0.2) is 10.5 Å². The maximum atomic E-state index is 12.7. The van der Waals surface area contributed by atoms with E-state index in [4.69, 9.17) is 11.6 Å². The highest BCUT2D eigenvalue weighted by Gasteiger charge is 2.34. The number of carbonyl (C=O) groups excluding carboxylic acids is 1. The molecule has 0 atom stereocenters. The lowest BCUT2D eigenvalue weighted by Gasteiger charge is -2.12. The van der Waals surface area contributed by atoms with Crippen molar-refractivity contribution in [3.63, 3.8) is 0 Å². The third kappa shape index (κ3) is 3.92. The van der Waals surface area contributed by atoms with Crippen LogP contribution >= 0.6 is 11.6 Å². The molecule has 0 unspecified atom stereocenters. The van der Waals surface area contributed by atoms with Gasteiger partial charge in [-0.1, -0.05) is 17.7 Å². The highest BCUT2D eigenvalue weighted by molar-refractivity contribution is 6.31. The Morgan fingerprint density at radius 2 is 1.96 bits per heavy atom. The van der Waals surface area contributed by atoms with E-state index in [1.807, 2.05) is 0 Å². The van der Waals surface area contributed by atoms with E-state index in [1.54, 1.807) is 25.1 Å². The molecule has 23 heavy (non-hydrogen) atoms. The summed E-state index contributed by atoms with van der Waals surface area (Å²) in [7, 11) is 0. The van der Waals surface area contributed by atoms with Crippen LogP contribution in [0, 0.1) is 6.92 Å². The summed E-state index contributed by atoms with van der Waals surface area (Å²) in [6.07, 6.45) is -3.64. The van der Waals surface area contributed by atoms with Gasteiger partial charge in [-0.05, 0) is 36.8 Å². The zero-order valence-electron chi connectivity index (χ0n) is 11.9. The Hall–Kier alpha value is -2.28. The van der Waals surface area contributed by atoms with Crippen LogP contribution in [0.5, 0.6) is 0 Å². The number of hydrogen-bond acceptors (Lipinski definition) is 2. The van der Waals surface area contributed by atoms with Crippen molar-refractivity contribution in [2.24, 2.45) is 0 Å². The van der Waals surface area contributed by atoms with Crippen LogP contribution in [0.1, 0.15) is 11.1 Å². The Morgan fingerprint density at radius 1 is 1.26 bits per heavy atom. The van der Waals surface area contributed by atoms with Gasteiger partial charge in [-0.2, -0.15) is 13.2 Å². The predicted molar refractivity (Wildman–Crippen MR) is 80.5 cm³/mol. The monoisotopic (exact) mass is 344 g/mol. The van der Waals surface area contributed by atoms with Crippen LogP contribution in [0.3, 0.4) is 0 Å². The van der Waals surface area contributed by atoms with E-state index in [1.165, 1.54) is 0 Å². The van der Waals surface area contributed by atoms with Crippen molar-refractivity contribution in [2.75, 3.05) is 5.32 Å². The third-order valence-electron chi connectivity index (χ3n) is 3.18. The second kappa shape index (κ2) is 6.45. The van der Waals surface area contributed by atoms with Crippen molar-refractivity contribution < 1.29 is 18.0 Å². The Bertz CT molecular complexity index is 800. The van der Waals surface area contributed by atoms with Gasteiger partial charge >= 0.3 is 6.18 Å². The van der Waals surface area contributed by atoms with Crippen LogP contribution in [-0.2, 0) is 17.5 Å². The van der Waals surface area contributed by atoms with E-state index in [0.29, 0.717) is 26.9 Å². The Balaban J connectivity index is 2.22. The second-order valence-corrected chi connectivity index (χ2v) is 5.22. The SMILES string of the molecule is Cc1c(Cl)cccc1NC(=O)Cn1cccc(C(F)(F)F)c1=O. The van der Waals surface area contributed by atoms with Gasteiger partial charge in [0.1, 0.15) is 12.1 Å². The summed E-state index contributed by atoms with van der Waals surface area (Å²) in [6.45, 7) is 1.16. The van der Waals surface area contributed by atoms with E-state index in [9.17, 15) is 22.8 Å². The molecule has 2 aromatic rings. The van der Waals surface area contributed by atoms with Gasteiger partial charge in [0.15, 0.2) is 0 Å². The molecule has 1 aromatic heterocycles. The minimum atomic E-state index is -4.76. The van der Waals surface area contributed by atoms with E-state index >= 15 is 0 Å². The van der Waals surface area contributed by atoms with E-state index in [-0.39, 0.29) is 0 Å². The van der Waals surface area contributed by atoms with Gasteiger partial charge in [0.25, 0.3) is 5.56 Å². The highest BCUT2D eigenvalue weighted by atomic mass is 35.5. The third-order valence-corrected chi connectivity index (χ3v) is 3.59. The van der Waals surface area contributed by atoms with Crippen LogP contribution in [0.25, 0.3) is 0 Å². The molecular formula is C15H12ClF3N2O2. The molecule has 122 valence electrons. The summed E-state index contributed by atoms with van der Waals surface area (Å²) >= 11 is 5.92. The normalized spacial score (nSPS) is 11.3. The quantitative estimate of drug-likeness (QED) is 0.927. The fourth-order valence-electron chi connectivity index (χ4n) is 1.96. The van der Waals surface area contributed by atoms with Gasteiger partial charge in [0.05, 0.1) is 0 Å². The lowest BCUT2D eigenvalue weighted by molar-refractivity contribution is -0.139. The molecule has 1 heterocycles. The minimum absolute atomic E-state index is 0.433. The summed E-state index contributed by atoms with van der Waals surface area (Å²) < 4.78 is 38.8. The number of hydrogen-bond donors (Lipinski definition) is 1. The zero-order chi connectivity index (χ0) is 17.2. The Labute approximate surface area is 134 Å². The number of amides is 1. The smallest absolute Gasteiger partial charge is 0.324 e. The van der Waals surface area contributed by atoms with Crippen LogP contribution in [0.15, 0.2) is 41.3 Å². The number of anilines is 1. The first-order valence-electron chi connectivity index (χ1n) is 6.52. The van der Waals surface area contributed by atoms with Crippen molar-refractivity contribution in [1.82, 2.24) is 4.57 Å². The first kappa shape index (κ1) is 17.1. The number of benzene rings is 1. The van der Waals surface area contributed by atoms with Crippen molar-refractivity contribution in [2.45, 2.75) is 19.6 Å². The molecule has 0 fully saturated rings. The molecular weight excluding hydrogens is 333 g/mol. The van der Waals surface area contributed by atoms with Crippen molar-refractivity contribution in [1.29, 1.82) is 0 Å². The fourth-order valence-corrected chi connectivity index (χ4v) is 2.14. The van der Waals surface area contributed by atoms with Crippen molar-refractivity contribution >= 4 is 23.2 Å². The van der Waals surface area contributed by atoms with Crippen molar-refractivity contribution in [3.8, 4) is 0 Å². The Morgan fingerprint density at radius 3 is 2.61 bits per heavy atom. The highest BCUT2D eigenvalue weighted by Crippen LogP contribution is 2.26. The number of pyridine rings is 1. The molecule has 0 spiro atoms. The number of alkyl halides is 3. The predicted octanol–water partition coefficient (Wildman–Crippen LogP) is 3.47. The molecule has 2 rings (SSSR count). The minimum Gasteiger partial charge on any atom is -0.324 e. The number of nitrogens with one attached hydrogen (secondary N) is 1. The molecule has 4 nitrogen and oxygen atoms in total. The molecule has 1 N–H and O–H groups in total. The molecule has 0 aliphatic heterocycles. The van der Waals surface area contributed by atoms with Crippen molar-refractivity contribution in [3.05, 3.63) is 63.0 Å². The van der Waals surface area contributed by atoms with Crippen LogP contribution in [0.2, 0.25) is 5.02 Å². The molecule has 0 aliphatic carbocycles. The molecule has 0 saturated heterocycles. The second-order valence-electron chi connectivity index (χ2n) is 4.81. The zero-order valence-corrected chi connectivity index (χ0v) is 12.7. The Kier molecular flexibility index (Phi) is 4.79. The maximum absolute atomic E-state index is 12.7. The molecule has 1 amide bonds. The molecule has 0 saturated carbocycles. The van der Waals surface area contributed by atoms with Crippen LogP contribution in [0.4, 0.5) is 18.9 Å². The summed E-state index contributed by atoms with van der Waals surface area (Å²) in [4.78, 5) is 23.7. The van der Waals surface area contributed by atoms with Crippen LogP contribution < -0.4 is 10.9 Å². The van der Waals surface area contributed by atoms with Gasteiger partial charge in [-0.3, -0.25) is 9.59 Å². The van der Waals surface area contributed by atoms with Gasteiger partial charge in [-0.25, -0.2) is 0 Å². The largest absolute Gasteiger partial charge is 0.421 e. The number of rotatable bonds is 3. The summed E-state index contributed by atoms with van der Waals surface area (Å²) in [5.41, 5.74) is -1.52. The van der Waals surface area contributed by atoms with E-state index in [0.717, 1.165) is 12.3 Å². The number of carbonyl (C=O) groups is 1. The van der Waals surface area contributed by atoms with E-state index < -0.39 is 29.8 Å². The summed E-state index contributed by atoms with van der Waals surface area (Å²) in [6, 6.07) is 6.62. The first-order valence-corrected chi connectivity index (χ1v) is 6.89. The van der Waals surface area contributed by atoms with E-state index in [2.05, 4.69) is 5.32 Å². The van der Waals surface area contributed by atoms with Gasteiger partial charge in [-0.15, -0.1) is 0 Å². The summed E-state index contributed by atoms with van der Waals surface area (Å²) in [5, 5.41) is 2.96. The van der Waals surface area contributed by atoms with Gasteiger partial charge in [0.2, 0.25) is 5.91 Å².